The van der Waals surface area contributed by atoms with Crippen LogP contribution < -0.4 is 11.1 Å². The Balaban J connectivity index is 2.22. The van der Waals surface area contributed by atoms with Crippen molar-refractivity contribution in [2.45, 2.75) is 6.92 Å². The molecular weight excluding hydrogens is 284 g/mol. The third kappa shape index (κ3) is 2.50. The van der Waals surface area contributed by atoms with Crippen LogP contribution in [0.5, 0.6) is 0 Å². The third-order valence-corrected chi connectivity index (χ3v) is 2.93. The molecule has 1 heterocycles. The summed E-state index contributed by atoms with van der Waals surface area (Å²) in [5.74, 6) is -0.263. The lowest BCUT2D eigenvalue weighted by Crippen LogP contribution is -2.12. The minimum atomic E-state index is -0.263. The maximum absolute atomic E-state index is 11.9. The lowest BCUT2D eigenvalue weighted by molar-refractivity contribution is 0.102. The van der Waals surface area contributed by atoms with Gasteiger partial charge in [0.05, 0.1) is 23.2 Å². The number of nitrogens with one attached hydrogen (secondary N) is 1. The maximum Gasteiger partial charge on any atom is 0.260 e. The summed E-state index contributed by atoms with van der Waals surface area (Å²) in [5.41, 5.74) is 8.42. The van der Waals surface area contributed by atoms with Gasteiger partial charge in [-0.3, -0.25) is 4.79 Å². The molecule has 2 aromatic rings. The lowest BCUT2D eigenvalue weighted by Gasteiger charge is -2.07. The first-order valence-corrected chi connectivity index (χ1v) is 5.77. The molecule has 0 radical (unpaired) electrons. The second-order valence-electron chi connectivity index (χ2n) is 3.65. The van der Waals surface area contributed by atoms with Crippen molar-refractivity contribution in [1.82, 2.24) is 0 Å². The summed E-state index contributed by atoms with van der Waals surface area (Å²) >= 11 is 3.15. The molecule has 17 heavy (non-hydrogen) atoms. The van der Waals surface area contributed by atoms with Gasteiger partial charge in [-0.05, 0) is 46.6 Å². The molecule has 2 rings (SSSR count). The SMILES string of the molecule is Cc1ccc(NC(=O)c2ccoc2Br)c(N)c1. The number of halogens is 1. The summed E-state index contributed by atoms with van der Waals surface area (Å²) in [7, 11) is 0. The van der Waals surface area contributed by atoms with Crippen molar-refractivity contribution in [2.75, 3.05) is 11.1 Å². The Bertz CT molecular complexity index is 563. The average molecular weight is 295 g/mol. The van der Waals surface area contributed by atoms with Crippen molar-refractivity contribution < 1.29 is 9.21 Å². The van der Waals surface area contributed by atoms with E-state index in [2.05, 4.69) is 21.2 Å². The predicted molar refractivity (Wildman–Crippen MR) is 70.0 cm³/mol. The largest absolute Gasteiger partial charge is 0.457 e. The number of benzene rings is 1. The van der Waals surface area contributed by atoms with Gasteiger partial charge >= 0.3 is 0 Å². The fourth-order valence-electron chi connectivity index (χ4n) is 1.44. The Labute approximate surface area is 107 Å². The van der Waals surface area contributed by atoms with Gasteiger partial charge in [-0.1, -0.05) is 6.07 Å². The lowest BCUT2D eigenvalue weighted by atomic mass is 10.2. The molecule has 0 aliphatic heterocycles. The molecule has 0 unspecified atom stereocenters. The van der Waals surface area contributed by atoms with E-state index in [1.807, 2.05) is 13.0 Å². The standard InChI is InChI=1S/C12H11BrN2O2/c1-7-2-3-10(9(14)6-7)15-12(16)8-4-5-17-11(8)13/h2-6H,14H2,1H3,(H,15,16). The van der Waals surface area contributed by atoms with E-state index in [1.165, 1.54) is 6.26 Å². The van der Waals surface area contributed by atoms with Crippen molar-refractivity contribution >= 4 is 33.2 Å². The number of carbonyl (C=O) groups excluding carboxylic acids is 1. The Hall–Kier alpha value is -1.75. The van der Waals surface area contributed by atoms with E-state index >= 15 is 0 Å². The Morgan fingerprint density at radius 1 is 1.41 bits per heavy atom. The highest BCUT2D eigenvalue weighted by Gasteiger charge is 2.13. The van der Waals surface area contributed by atoms with Crippen LogP contribution in [0, 0.1) is 6.92 Å². The molecular formula is C12H11BrN2O2. The molecule has 0 aliphatic carbocycles. The zero-order chi connectivity index (χ0) is 12.4. The van der Waals surface area contributed by atoms with Gasteiger partial charge < -0.3 is 15.5 Å². The molecule has 0 saturated heterocycles. The van der Waals surface area contributed by atoms with Crippen molar-refractivity contribution in [3.8, 4) is 0 Å². The summed E-state index contributed by atoms with van der Waals surface area (Å²) in [6.07, 6.45) is 1.44. The van der Waals surface area contributed by atoms with Crippen LogP contribution in [0.1, 0.15) is 15.9 Å². The average Bonchev–Trinajstić information content (AvgIpc) is 2.68. The van der Waals surface area contributed by atoms with Crippen LogP contribution in [0.4, 0.5) is 11.4 Å². The van der Waals surface area contributed by atoms with Gasteiger partial charge in [0.2, 0.25) is 0 Å². The van der Waals surface area contributed by atoms with E-state index in [0.717, 1.165) is 5.56 Å². The van der Waals surface area contributed by atoms with Gasteiger partial charge in [0.25, 0.3) is 5.91 Å². The van der Waals surface area contributed by atoms with Crippen LogP contribution >= 0.6 is 15.9 Å². The zero-order valence-electron chi connectivity index (χ0n) is 9.16. The first-order chi connectivity index (χ1) is 8.08. The van der Waals surface area contributed by atoms with E-state index in [0.29, 0.717) is 21.6 Å². The minimum Gasteiger partial charge on any atom is -0.457 e. The number of nitrogens with two attached hydrogens (primary N) is 1. The van der Waals surface area contributed by atoms with E-state index in [-0.39, 0.29) is 5.91 Å². The maximum atomic E-state index is 11.9. The normalized spacial score (nSPS) is 10.2. The van der Waals surface area contributed by atoms with Gasteiger partial charge in [0.1, 0.15) is 0 Å². The molecule has 0 bridgehead atoms. The Morgan fingerprint density at radius 2 is 2.18 bits per heavy atom. The van der Waals surface area contributed by atoms with Crippen LogP contribution in [0.25, 0.3) is 0 Å². The molecule has 3 N–H and O–H groups in total. The number of carbonyl (C=O) groups is 1. The van der Waals surface area contributed by atoms with Crippen LogP contribution in [-0.4, -0.2) is 5.91 Å². The Morgan fingerprint density at radius 3 is 2.76 bits per heavy atom. The van der Waals surface area contributed by atoms with Gasteiger partial charge in [0.15, 0.2) is 4.67 Å². The van der Waals surface area contributed by atoms with Crippen molar-refractivity contribution in [3.63, 3.8) is 0 Å². The van der Waals surface area contributed by atoms with Crippen LogP contribution in [-0.2, 0) is 0 Å². The number of nitrogen functional groups attached to an aromatic ring is 1. The molecule has 1 aromatic heterocycles. The van der Waals surface area contributed by atoms with E-state index in [4.69, 9.17) is 10.2 Å². The van der Waals surface area contributed by atoms with Crippen LogP contribution in [0.2, 0.25) is 0 Å². The fourth-order valence-corrected chi connectivity index (χ4v) is 1.86. The molecule has 0 spiro atoms. The highest BCUT2D eigenvalue weighted by atomic mass is 79.9. The molecule has 4 nitrogen and oxygen atoms in total. The fraction of sp³-hybridized carbons (Fsp3) is 0.0833. The minimum absolute atomic E-state index is 0.263. The number of hydrogen-bond donors (Lipinski definition) is 2. The molecule has 1 aromatic carbocycles. The summed E-state index contributed by atoms with van der Waals surface area (Å²) in [4.78, 5) is 11.9. The van der Waals surface area contributed by atoms with E-state index < -0.39 is 0 Å². The smallest absolute Gasteiger partial charge is 0.260 e. The number of anilines is 2. The van der Waals surface area contributed by atoms with Gasteiger partial charge in [-0.15, -0.1) is 0 Å². The number of aryl methyl sites for hydroxylation is 1. The molecule has 88 valence electrons. The molecule has 1 amide bonds. The second kappa shape index (κ2) is 4.63. The highest BCUT2D eigenvalue weighted by molar-refractivity contribution is 9.10. The van der Waals surface area contributed by atoms with Gasteiger partial charge in [-0.2, -0.15) is 0 Å². The van der Waals surface area contributed by atoms with Crippen LogP contribution in [0.3, 0.4) is 0 Å². The molecule has 0 atom stereocenters. The first-order valence-electron chi connectivity index (χ1n) is 4.98. The first kappa shape index (κ1) is 11.7. The third-order valence-electron chi connectivity index (χ3n) is 2.32. The predicted octanol–water partition coefficient (Wildman–Crippen LogP) is 3.19. The molecule has 0 aliphatic rings. The number of rotatable bonds is 2. The monoisotopic (exact) mass is 294 g/mol. The topological polar surface area (TPSA) is 68.3 Å². The summed E-state index contributed by atoms with van der Waals surface area (Å²) < 4.78 is 5.40. The summed E-state index contributed by atoms with van der Waals surface area (Å²) in [5, 5.41) is 2.73. The van der Waals surface area contributed by atoms with Crippen molar-refractivity contribution in [3.05, 3.63) is 46.3 Å². The van der Waals surface area contributed by atoms with Crippen molar-refractivity contribution in [1.29, 1.82) is 0 Å². The molecule has 0 fully saturated rings. The van der Waals surface area contributed by atoms with Gasteiger partial charge in [0, 0.05) is 0 Å². The van der Waals surface area contributed by atoms with E-state index in [1.54, 1.807) is 18.2 Å². The molecule has 0 saturated carbocycles. The van der Waals surface area contributed by atoms with E-state index in [9.17, 15) is 4.79 Å². The highest BCUT2D eigenvalue weighted by Crippen LogP contribution is 2.23. The number of amides is 1. The summed E-state index contributed by atoms with van der Waals surface area (Å²) in [6.45, 7) is 1.94. The van der Waals surface area contributed by atoms with Crippen molar-refractivity contribution in [2.24, 2.45) is 0 Å². The van der Waals surface area contributed by atoms with Gasteiger partial charge in [-0.25, -0.2) is 0 Å². The second-order valence-corrected chi connectivity index (χ2v) is 4.37. The number of hydrogen-bond acceptors (Lipinski definition) is 3. The summed E-state index contributed by atoms with van der Waals surface area (Å²) in [6, 6.07) is 7.05. The molecule has 5 heteroatoms. The number of furan rings is 1. The quantitative estimate of drug-likeness (QED) is 0.836. The van der Waals surface area contributed by atoms with Crippen LogP contribution in [0.15, 0.2) is 39.6 Å². The Kier molecular flexibility index (Phi) is 3.19. The zero-order valence-corrected chi connectivity index (χ0v) is 10.7.